The van der Waals surface area contributed by atoms with E-state index in [-0.39, 0.29) is 5.70 Å². The first-order valence-electron chi connectivity index (χ1n) is 10.8. The zero-order valence-corrected chi connectivity index (χ0v) is 18.6. The van der Waals surface area contributed by atoms with Crippen molar-refractivity contribution in [2.24, 2.45) is 10.2 Å². The van der Waals surface area contributed by atoms with Crippen molar-refractivity contribution in [3.63, 3.8) is 0 Å². The number of benzene rings is 3. The summed E-state index contributed by atoms with van der Waals surface area (Å²) in [7, 11) is 1.58. The molecule has 3 aromatic rings. The van der Waals surface area contributed by atoms with Crippen molar-refractivity contribution >= 4 is 28.8 Å². The van der Waals surface area contributed by atoms with Crippen LogP contribution in [0.15, 0.2) is 100 Å². The van der Waals surface area contributed by atoms with Gasteiger partial charge in [0.15, 0.2) is 5.84 Å². The summed E-state index contributed by atoms with van der Waals surface area (Å²) < 4.78 is 5.50. The molecular formula is C26H21N5O3. The highest BCUT2D eigenvalue weighted by Gasteiger charge is 2.56. The van der Waals surface area contributed by atoms with Crippen LogP contribution < -0.4 is 20.1 Å². The van der Waals surface area contributed by atoms with Crippen LogP contribution in [0, 0.1) is 0 Å². The lowest BCUT2D eigenvalue weighted by Crippen LogP contribution is -2.54. The first kappa shape index (κ1) is 20.2. The Balaban J connectivity index is 1.67. The summed E-state index contributed by atoms with van der Waals surface area (Å²) in [5, 5.41) is 23.1. The maximum Gasteiger partial charge on any atom is 0.289 e. The molecule has 3 aliphatic rings. The Hall–Kier alpha value is -4.43. The lowest BCUT2D eigenvalue weighted by Gasteiger charge is -2.44. The molecule has 0 bridgehead atoms. The number of nitrogens with zero attached hydrogens (tertiary/aromatic N) is 4. The summed E-state index contributed by atoms with van der Waals surface area (Å²) in [4.78, 5) is 15.1. The van der Waals surface area contributed by atoms with Crippen LogP contribution in [0.3, 0.4) is 0 Å². The fraction of sp³-hybridized carbons (Fsp3) is 0.115. The number of amidine groups is 1. The summed E-state index contributed by atoms with van der Waals surface area (Å²) in [5.41, 5.74) is 4.78. The number of nitrogens with one attached hydrogen (secondary N) is 1. The number of ether oxygens (including phenoxy) is 1. The maximum absolute atomic E-state index is 13.3. The zero-order valence-electron chi connectivity index (χ0n) is 18.6. The second-order valence-electron chi connectivity index (χ2n) is 8.19. The van der Waals surface area contributed by atoms with E-state index in [1.165, 1.54) is 0 Å². The van der Waals surface area contributed by atoms with Gasteiger partial charge in [-0.1, -0.05) is 48.5 Å². The number of hydrazone groups is 2. The zero-order chi connectivity index (χ0) is 23.4. The molecule has 1 atom stereocenters. The third kappa shape index (κ3) is 2.66. The lowest BCUT2D eigenvalue weighted by molar-refractivity contribution is -0.118. The second kappa shape index (κ2) is 7.29. The average Bonchev–Trinajstić information content (AvgIpc) is 3.16. The summed E-state index contributed by atoms with van der Waals surface area (Å²) in [6.45, 7) is 1.79. The first-order chi connectivity index (χ1) is 16.5. The Morgan fingerprint density at radius 2 is 1.71 bits per heavy atom. The van der Waals surface area contributed by atoms with Crippen LogP contribution in [0.5, 0.6) is 5.75 Å². The number of para-hydroxylation sites is 1. The van der Waals surface area contributed by atoms with E-state index in [1.54, 1.807) is 36.1 Å². The number of amides is 1. The fourth-order valence-electron chi connectivity index (χ4n) is 4.80. The summed E-state index contributed by atoms with van der Waals surface area (Å²) in [6, 6.07) is 24.4. The van der Waals surface area contributed by atoms with E-state index in [1.807, 2.05) is 66.7 Å². The molecule has 168 valence electrons. The van der Waals surface area contributed by atoms with Crippen molar-refractivity contribution in [1.82, 2.24) is 5.43 Å². The number of hydrogen-bond acceptors (Lipinski definition) is 7. The highest BCUT2D eigenvalue weighted by atomic mass is 16.5. The van der Waals surface area contributed by atoms with E-state index < -0.39 is 11.6 Å². The predicted octanol–water partition coefficient (Wildman–Crippen LogP) is 3.30. The van der Waals surface area contributed by atoms with Crippen molar-refractivity contribution in [1.29, 1.82) is 0 Å². The quantitative estimate of drug-likeness (QED) is 0.638. The standard InChI is InChI=1S/C26H21N5O3/c1-16-22-23-25(32)28-27-24(17-9-5-3-6-10-17)30(23)21-14-13-19(34-2)15-20(21)26(22,33)31(29-16)18-11-7-4-8-12-18/h3-15,33H,1-2H3,(H,28,32). The minimum absolute atomic E-state index is 0.286. The molecule has 34 heavy (non-hydrogen) atoms. The van der Waals surface area contributed by atoms with Gasteiger partial charge in [0.25, 0.3) is 5.91 Å². The molecule has 0 aliphatic carbocycles. The normalized spacial score (nSPS) is 20.7. The van der Waals surface area contributed by atoms with Gasteiger partial charge in [-0.15, -0.1) is 0 Å². The largest absolute Gasteiger partial charge is 0.497 e. The monoisotopic (exact) mass is 451 g/mol. The number of aliphatic hydroxyl groups is 1. The number of hydrogen-bond donors (Lipinski definition) is 2. The van der Waals surface area contributed by atoms with Gasteiger partial charge < -0.3 is 9.84 Å². The van der Waals surface area contributed by atoms with Crippen LogP contribution in [0.1, 0.15) is 18.1 Å². The van der Waals surface area contributed by atoms with Crippen molar-refractivity contribution in [3.8, 4) is 5.75 Å². The van der Waals surface area contributed by atoms with Crippen LogP contribution >= 0.6 is 0 Å². The minimum atomic E-state index is -1.72. The molecule has 0 aromatic heterocycles. The molecule has 3 aromatic carbocycles. The molecule has 8 heteroatoms. The number of anilines is 2. The Bertz CT molecular complexity index is 1410. The molecule has 0 saturated carbocycles. The Morgan fingerprint density at radius 1 is 1.00 bits per heavy atom. The first-order valence-corrected chi connectivity index (χ1v) is 10.8. The van der Waals surface area contributed by atoms with E-state index in [0.717, 1.165) is 5.56 Å². The average molecular weight is 451 g/mol. The van der Waals surface area contributed by atoms with Gasteiger partial charge in [0.05, 0.1) is 29.8 Å². The molecule has 6 rings (SSSR count). The molecule has 2 N–H and O–H groups in total. The highest BCUT2D eigenvalue weighted by Crippen LogP contribution is 2.52. The molecular weight excluding hydrogens is 430 g/mol. The van der Waals surface area contributed by atoms with Crippen molar-refractivity contribution < 1.29 is 14.6 Å². The maximum atomic E-state index is 13.3. The molecule has 1 amide bonds. The van der Waals surface area contributed by atoms with Gasteiger partial charge in [-0.25, -0.2) is 10.4 Å². The molecule has 3 aliphatic heterocycles. The lowest BCUT2D eigenvalue weighted by atomic mass is 9.84. The van der Waals surface area contributed by atoms with Gasteiger partial charge in [0.2, 0.25) is 5.72 Å². The van der Waals surface area contributed by atoms with Gasteiger partial charge in [0, 0.05) is 11.1 Å². The third-order valence-electron chi connectivity index (χ3n) is 6.27. The molecule has 0 radical (unpaired) electrons. The van der Waals surface area contributed by atoms with Crippen molar-refractivity contribution in [2.75, 3.05) is 17.0 Å². The van der Waals surface area contributed by atoms with Gasteiger partial charge >= 0.3 is 0 Å². The number of carbonyl (C=O) groups is 1. The summed E-state index contributed by atoms with van der Waals surface area (Å²) >= 11 is 0. The third-order valence-corrected chi connectivity index (χ3v) is 6.27. The van der Waals surface area contributed by atoms with E-state index in [2.05, 4.69) is 10.5 Å². The predicted molar refractivity (Wildman–Crippen MR) is 130 cm³/mol. The Labute approximate surface area is 196 Å². The smallest absolute Gasteiger partial charge is 0.289 e. The van der Waals surface area contributed by atoms with Crippen molar-refractivity contribution in [2.45, 2.75) is 12.6 Å². The molecule has 8 nitrogen and oxygen atoms in total. The van der Waals surface area contributed by atoms with Gasteiger partial charge in [0.1, 0.15) is 11.4 Å². The second-order valence-corrected chi connectivity index (χ2v) is 8.19. The SMILES string of the molecule is COc1ccc2c(c1)C1(O)C(=C3C(=O)NN=C(c4ccccc4)N32)C(C)=NN1c1ccccc1. The number of methoxy groups -OCH3 is 1. The molecule has 3 heterocycles. The topological polar surface area (TPSA) is 89.8 Å². The number of fused-ring (bicyclic) bond motifs is 5. The van der Waals surface area contributed by atoms with Crippen LogP contribution in [-0.4, -0.2) is 29.7 Å². The number of carbonyl (C=O) groups excluding carboxylic acids is 1. The van der Waals surface area contributed by atoms with Crippen LogP contribution in [0.4, 0.5) is 11.4 Å². The minimum Gasteiger partial charge on any atom is -0.497 e. The highest BCUT2D eigenvalue weighted by molar-refractivity contribution is 6.25. The molecule has 0 fully saturated rings. The van der Waals surface area contributed by atoms with Crippen LogP contribution in [-0.2, 0) is 10.5 Å². The van der Waals surface area contributed by atoms with E-state index in [0.29, 0.717) is 39.8 Å². The molecule has 1 unspecified atom stereocenters. The van der Waals surface area contributed by atoms with Gasteiger partial charge in [-0.05, 0) is 37.3 Å². The van der Waals surface area contributed by atoms with Gasteiger partial charge in [-0.2, -0.15) is 10.2 Å². The number of rotatable bonds is 3. The Kier molecular flexibility index (Phi) is 4.33. The summed E-state index contributed by atoms with van der Waals surface area (Å²) in [5.74, 6) is 0.702. The van der Waals surface area contributed by atoms with Crippen molar-refractivity contribution in [3.05, 3.63) is 101 Å². The van der Waals surface area contributed by atoms with Gasteiger partial charge in [-0.3, -0.25) is 9.69 Å². The van der Waals surface area contributed by atoms with Crippen LogP contribution in [0.25, 0.3) is 0 Å². The van der Waals surface area contributed by atoms with E-state index in [9.17, 15) is 9.90 Å². The van der Waals surface area contributed by atoms with E-state index >= 15 is 0 Å². The molecule has 0 saturated heterocycles. The van der Waals surface area contributed by atoms with E-state index in [4.69, 9.17) is 9.84 Å². The summed E-state index contributed by atoms with van der Waals surface area (Å²) in [6.07, 6.45) is 0. The Morgan fingerprint density at radius 3 is 2.41 bits per heavy atom. The molecule has 0 spiro atoms. The fourth-order valence-corrected chi connectivity index (χ4v) is 4.80. The van der Waals surface area contributed by atoms with Crippen LogP contribution in [0.2, 0.25) is 0 Å².